The van der Waals surface area contributed by atoms with Gasteiger partial charge in [-0.05, 0) is 36.8 Å². The summed E-state index contributed by atoms with van der Waals surface area (Å²) in [6.45, 7) is 2.91. The van der Waals surface area contributed by atoms with Gasteiger partial charge < -0.3 is 9.47 Å². The third-order valence-corrected chi connectivity index (χ3v) is 5.73. The number of ether oxygens (including phenoxy) is 2. The Bertz CT molecular complexity index is 798. The summed E-state index contributed by atoms with van der Waals surface area (Å²) in [5.74, 6) is 0.511. The Balaban J connectivity index is 1.97. The van der Waals surface area contributed by atoms with Crippen LogP contribution in [-0.4, -0.2) is 27.7 Å². The molecule has 1 unspecified atom stereocenters. The molecule has 116 valence electrons. The number of halogens is 1. The van der Waals surface area contributed by atoms with E-state index in [9.17, 15) is 8.42 Å². The first-order valence-electron chi connectivity index (χ1n) is 6.82. The smallest absolute Gasteiger partial charge is 0.207 e. The highest BCUT2D eigenvalue weighted by Crippen LogP contribution is 2.30. The maximum absolute atomic E-state index is 12.8. The average molecular weight is 383 g/mol. The summed E-state index contributed by atoms with van der Waals surface area (Å²) in [4.78, 5) is 0.521. The molecule has 1 aliphatic rings. The van der Waals surface area contributed by atoms with Crippen molar-refractivity contribution in [1.29, 1.82) is 0 Å². The Labute approximate surface area is 138 Å². The van der Waals surface area contributed by atoms with E-state index in [1.165, 1.54) is 0 Å². The number of rotatable bonds is 5. The lowest BCUT2D eigenvalue weighted by Gasteiger charge is -2.11. The molecule has 22 heavy (non-hydrogen) atoms. The fourth-order valence-corrected chi connectivity index (χ4v) is 4.29. The van der Waals surface area contributed by atoms with E-state index >= 15 is 0 Å². The van der Waals surface area contributed by atoms with E-state index < -0.39 is 9.84 Å². The Morgan fingerprint density at radius 2 is 2.00 bits per heavy atom. The molecule has 0 amide bonds. The van der Waals surface area contributed by atoms with E-state index in [-0.39, 0.29) is 11.0 Å². The topological polar surface area (TPSA) is 55.9 Å². The molecule has 1 atom stereocenters. The van der Waals surface area contributed by atoms with E-state index in [0.717, 1.165) is 5.56 Å². The molecular formula is C16H15BrO4S. The predicted octanol–water partition coefficient (Wildman–Crippen LogP) is 3.37. The number of aryl methyl sites for hydroxylation is 1. The highest BCUT2D eigenvalue weighted by molar-refractivity contribution is 9.10. The first-order valence-corrected chi connectivity index (χ1v) is 9.10. The molecule has 1 aliphatic heterocycles. The summed E-state index contributed by atoms with van der Waals surface area (Å²) >= 11 is 3.34. The molecule has 4 nitrogen and oxygen atoms in total. The van der Waals surface area contributed by atoms with Crippen LogP contribution in [0.1, 0.15) is 5.56 Å². The Kier molecular flexibility index (Phi) is 4.25. The number of epoxide rings is 1. The number of hydrogen-bond acceptors (Lipinski definition) is 4. The molecule has 3 rings (SSSR count). The zero-order chi connectivity index (χ0) is 15.7. The average Bonchev–Trinajstić information content (AvgIpc) is 3.29. The number of benzene rings is 2. The maximum atomic E-state index is 12.8. The summed E-state index contributed by atoms with van der Waals surface area (Å²) < 4.78 is 37.0. The van der Waals surface area contributed by atoms with Gasteiger partial charge in [0.1, 0.15) is 18.5 Å². The molecule has 0 bridgehead atoms. The van der Waals surface area contributed by atoms with Crippen LogP contribution in [0.25, 0.3) is 0 Å². The van der Waals surface area contributed by atoms with Crippen molar-refractivity contribution in [3.8, 4) is 5.75 Å². The molecule has 2 aromatic carbocycles. The van der Waals surface area contributed by atoms with Crippen molar-refractivity contribution in [2.24, 2.45) is 0 Å². The van der Waals surface area contributed by atoms with Crippen LogP contribution >= 0.6 is 15.9 Å². The maximum Gasteiger partial charge on any atom is 0.207 e. The van der Waals surface area contributed by atoms with E-state index in [0.29, 0.717) is 28.3 Å². The zero-order valence-electron chi connectivity index (χ0n) is 12.0. The number of sulfone groups is 1. The Morgan fingerprint density at radius 3 is 2.68 bits per heavy atom. The van der Waals surface area contributed by atoms with Gasteiger partial charge in [-0.3, -0.25) is 0 Å². The lowest BCUT2D eigenvalue weighted by molar-refractivity contribution is 0.262. The SMILES string of the molecule is Cc1ccccc1S(=O)(=O)c1cc(Br)cc(OCC2CO2)c1. The van der Waals surface area contributed by atoms with Gasteiger partial charge in [-0.1, -0.05) is 34.1 Å². The summed E-state index contributed by atoms with van der Waals surface area (Å²) in [5.41, 5.74) is 0.719. The van der Waals surface area contributed by atoms with Crippen molar-refractivity contribution >= 4 is 25.8 Å². The fourth-order valence-electron chi connectivity index (χ4n) is 2.11. The summed E-state index contributed by atoms with van der Waals surface area (Å²) in [5, 5.41) is 0. The minimum absolute atomic E-state index is 0.121. The van der Waals surface area contributed by atoms with Gasteiger partial charge in [0.05, 0.1) is 16.4 Å². The normalized spacial score (nSPS) is 17.3. The molecule has 1 heterocycles. The Morgan fingerprint density at radius 1 is 1.27 bits per heavy atom. The van der Waals surface area contributed by atoms with Crippen LogP contribution in [0.5, 0.6) is 5.75 Å². The van der Waals surface area contributed by atoms with Crippen LogP contribution in [-0.2, 0) is 14.6 Å². The summed E-state index contributed by atoms with van der Waals surface area (Å²) in [6, 6.07) is 11.8. The first kappa shape index (κ1) is 15.5. The molecule has 0 spiro atoms. The van der Waals surface area contributed by atoms with E-state index in [4.69, 9.17) is 9.47 Å². The van der Waals surface area contributed by atoms with E-state index in [1.807, 2.05) is 6.07 Å². The summed E-state index contributed by atoms with van der Waals surface area (Å²) in [6.07, 6.45) is 0.121. The molecule has 1 saturated heterocycles. The molecule has 0 aliphatic carbocycles. The number of hydrogen-bond donors (Lipinski definition) is 0. The molecule has 0 radical (unpaired) electrons. The zero-order valence-corrected chi connectivity index (χ0v) is 14.4. The highest BCUT2D eigenvalue weighted by atomic mass is 79.9. The first-order chi connectivity index (χ1) is 10.5. The molecule has 0 aromatic heterocycles. The minimum Gasteiger partial charge on any atom is -0.491 e. The second kappa shape index (κ2) is 6.02. The minimum atomic E-state index is -3.58. The molecule has 6 heteroatoms. The van der Waals surface area contributed by atoms with Crippen molar-refractivity contribution < 1.29 is 17.9 Å². The van der Waals surface area contributed by atoms with Crippen molar-refractivity contribution in [2.75, 3.05) is 13.2 Å². The molecule has 1 fully saturated rings. The van der Waals surface area contributed by atoms with Crippen LogP contribution in [0.4, 0.5) is 0 Å². The van der Waals surface area contributed by atoms with Crippen LogP contribution in [0, 0.1) is 6.92 Å². The highest BCUT2D eigenvalue weighted by Gasteiger charge is 2.24. The van der Waals surface area contributed by atoms with Crippen molar-refractivity contribution in [3.63, 3.8) is 0 Å². The van der Waals surface area contributed by atoms with Gasteiger partial charge >= 0.3 is 0 Å². The van der Waals surface area contributed by atoms with E-state index in [2.05, 4.69) is 15.9 Å². The van der Waals surface area contributed by atoms with Gasteiger partial charge in [-0.15, -0.1) is 0 Å². The van der Waals surface area contributed by atoms with Crippen LogP contribution in [0.3, 0.4) is 0 Å². The lowest BCUT2D eigenvalue weighted by Crippen LogP contribution is -2.07. The third-order valence-electron chi connectivity index (χ3n) is 3.38. The standard InChI is InChI=1S/C16H15BrO4S/c1-11-4-2-3-5-16(11)22(18,19)15-7-12(17)6-13(8-15)20-9-14-10-21-14/h2-8,14H,9-10H2,1H3. The lowest BCUT2D eigenvalue weighted by atomic mass is 10.2. The predicted molar refractivity (Wildman–Crippen MR) is 86.0 cm³/mol. The van der Waals surface area contributed by atoms with Crippen LogP contribution in [0.2, 0.25) is 0 Å². The largest absolute Gasteiger partial charge is 0.491 e. The van der Waals surface area contributed by atoms with Crippen LogP contribution in [0.15, 0.2) is 56.7 Å². The fraction of sp³-hybridized carbons (Fsp3) is 0.250. The van der Waals surface area contributed by atoms with Gasteiger partial charge in [-0.2, -0.15) is 0 Å². The van der Waals surface area contributed by atoms with E-state index in [1.54, 1.807) is 43.3 Å². The van der Waals surface area contributed by atoms with Gasteiger partial charge in [-0.25, -0.2) is 8.42 Å². The van der Waals surface area contributed by atoms with Crippen molar-refractivity contribution in [1.82, 2.24) is 0 Å². The monoisotopic (exact) mass is 382 g/mol. The van der Waals surface area contributed by atoms with Gasteiger partial charge in [0.15, 0.2) is 0 Å². The third kappa shape index (κ3) is 3.34. The molecular weight excluding hydrogens is 368 g/mol. The van der Waals surface area contributed by atoms with Gasteiger partial charge in [0, 0.05) is 4.47 Å². The second-order valence-corrected chi connectivity index (χ2v) is 7.99. The van der Waals surface area contributed by atoms with Crippen LogP contribution < -0.4 is 4.74 Å². The van der Waals surface area contributed by atoms with Crippen molar-refractivity contribution in [3.05, 3.63) is 52.5 Å². The Hall–Kier alpha value is -1.37. The molecule has 0 N–H and O–H groups in total. The second-order valence-electron chi connectivity index (χ2n) is 5.16. The van der Waals surface area contributed by atoms with Crippen molar-refractivity contribution in [2.45, 2.75) is 22.8 Å². The van der Waals surface area contributed by atoms with Gasteiger partial charge in [0.25, 0.3) is 0 Å². The quantitative estimate of drug-likeness (QED) is 0.743. The van der Waals surface area contributed by atoms with Gasteiger partial charge in [0.2, 0.25) is 9.84 Å². The summed E-state index contributed by atoms with van der Waals surface area (Å²) in [7, 11) is -3.58. The molecule has 0 saturated carbocycles. The molecule has 2 aromatic rings.